The molecule has 208 valence electrons. The van der Waals surface area contributed by atoms with Crippen LogP contribution in [0.2, 0.25) is 0 Å². The smallest absolute Gasteiger partial charge is 0.326 e. The molecule has 0 saturated heterocycles. The van der Waals surface area contributed by atoms with E-state index in [1.807, 2.05) is 35.2 Å². The number of nitrogens with zero attached hydrogens (tertiary/aromatic N) is 4. The highest BCUT2D eigenvalue weighted by Crippen LogP contribution is 2.26. The topological polar surface area (TPSA) is 91.2 Å². The van der Waals surface area contributed by atoms with Gasteiger partial charge < -0.3 is 15.3 Å². The van der Waals surface area contributed by atoms with Gasteiger partial charge in [0.2, 0.25) is 6.43 Å². The molecular formula is C30H37F2N5O2. The van der Waals surface area contributed by atoms with Crippen LogP contribution in [-0.2, 0) is 24.1 Å². The number of fused-ring (bicyclic) bond motifs is 1. The van der Waals surface area contributed by atoms with Gasteiger partial charge in [-0.25, -0.2) is 23.5 Å². The summed E-state index contributed by atoms with van der Waals surface area (Å²) < 4.78 is 26.0. The number of anilines is 1. The van der Waals surface area contributed by atoms with Crippen LogP contribution in [0.25, 0.3) is 11.1 Å². The Hall–Kier alpha value is -3.46. The molecule has 39 heavy (non-hydrogen) atoms. The number of hydrogen-bond acceptors (Lipinski definition) is 6. The fourth-order valence-corrected chi connectivity index (χ4v) is 5.03. The van der Waals surface area contributed by atoms with E-state index in [4.69, 9.17) is 4.98 Å². The number of carboxylic acids is 1. The molecule has 0 amide bonds. The number of carbonyl (C=O) groups is 1. The predicted molar refractivity (Wildman–Crippen MR) is 148 cm³/mol. The van der Waals surface area contributed by atoms with Gasteiger partial charge in [-0.15, -0.1) is 0 Å². The number of rotatable bonds is 15. The van der Waals surface area contributed by atoms with Crippen LogP contribution in [0.5, 0.6) is 0 Å². The SMILES string of the molecule is O=C(O)[C@H](CCN(CCCCc1ccc2c(n1)CCCC2)CCC(F)F)Nc1ncncc1-c1ccccc1. The monoisotopic (exact) mass is 537 g/mol. The Morgan fingerprint density at radius 2 is 1.79 bits per heavy atom. The average Bonchev–Trinajstić information content (AvgIpc) is 2.95. The second-order valence-electron chi connectivity index (χ2n) is 10.1. The van der Waals surface area contributed by atoms with E-state index in [0.717, 1.165) is 43.4 Å². The number of aryl methyl sites for hydroxylation is 3. The van der Waals surface area contributed by atoms with E-state index < -0.39 is 18.4 Å². The number of carboxylic acid groups (broad SMARTS) is 1. The average molecular weight is 538 g/mol. The molecule has 1 aromatic carbocycles. The summed E-state index contributed by atoms with van der Waals surface area (Å²) in [5, 5.41) is 12.9. The number of alkyl halides is 2. The highest BCUT2D eigenvalue weighted by atomic mass is 19.3. The molecule has 2 N–H and O–H groups in total. The molecule has 0 spiro atoms. The summed E-state index contributed by atoms with van der Waals surface area (Å²) in [6.45, 7) is 1.25. The molecule has 1 aliphatic carbocycles. The van der Waals surface area contributed by atoms with Crippen molar-refractivity contribution >= 4 is 11.8 Å². The maximum absolute atomic E-state index is 13.0. The van der Waals surface area contributed by atoms with Crippen LogP contribution >= 0.6 is 0 Å². The van der Waals surface area contributed by atoms with Gasteiger partial charge in [-0.3, -0.25) is 4.98 Å². The number of aliphatic carboxylic acids is 1. The molecular weight excluding hydrogens is 500 g/mol. The normalized spacial score (nSPS) is 13.8. The number of unbranched alkanes of at least 4 members (excludes halogenated alkanes) is 1. The molecule has 2 aromatic heterocycles. The van der Waals surface area contributed by atoms with Gasteiger partial charge in [0.1, 0.15) is 18.2 Å². The third kappa shape index (κ3) is 8.78. The molecule has 3 aromatic rings. The molecule has 0 radical (unpaired) electrons. The summed E-state index contributed by atoms with van der Waals surface area (Å²) in [6.07, 6.45) is 7.81. The fourth-order valence-electron chi connectivity index (χ4n) is 5.03. The molecule has 2 heterocycles. The van der Waals surface area contributed by atoms with Gasteiger partial charge in [0, 0.05) is 42.7 Å². The first kappa shape index (κ1) is 28.5. The first-order valence-electron chi connectivity index (χ1n) is 13.8. The van der Waals surface area contributed by atoms with Gasteiger partial charge in [-0.1, -0.05) is 36.4 Å². The van der Waals surface area contributed by atoms with Crippen LogP contribution in [0.3, 0.4) is 0 Å². The van der Waals surface area contributed by atoms with Gasteiger partial charge >= 0.3 is 5.97 Å². The minimum Gasteiger partial charge on any atom is -0.480 e. The van der Waals surface area contributed by atoms with Crippen LogP contribution < -0.4 is 5.32 Å². The second-order valence-corrected chi connectivity index (χ2v) is 10.1. The lowest BCUT2D eigenvalue weighted by molar-refractivity contribution is -0.138. The van der Waals surface area contributed by atoms with Crippen molar-refractivity contribution in [1.29, 1.82) is 0 Å². The lowest BCUT2D eigenvalue weighted by atomic mass is 9.95. The first-order chi connectivity index (χ1) is 19.0. The van der Waals surface area contributed by atoms with Gasteiger partial charge in [-0.2, -0.15) is 0 Å². The quantitative estimate of drug-likeness (QED) is 0.242. The molecule has 1 atom stereocenters. The number of pyridine rings is 1. The predicted octanol–water partition coefficient (Wildman–Crippen LogP) is 5.65. The number of benzene rings is 1. The summed E-state index contributed by atoms with van der Waals surface area (Å²) in [6, 6.07) is 12.9. The van der Waals surface area contributed by atoms with Crippen molar-refractivity contribution in [2.24, 2.45) is 0 Å². The van der Waals surface area contributed by atoms with Crippen molar-refractivity contribution in [1.82, 2.24) is 19.9 Å². The Kier molecular flexibility index (Phi) is 10.7. The van der Waals surface area contributed by atoms with Gasteiger partial charge in [0.15, 0.2) is 0 Å². The summed E-state index contributed by atoms with van der Waals surface area (Å²) in [7, 11) is 0. The van der Waals surface area contributed by atoms with Crippen LogP contribution in [-0.4, -0.2) is 63.0 Å². The van der Waals surface area contributed by atoms with Crippen LogP contribution in [0.4, 0.5) is 14.6 Å². The molecule has 0 fully saturated rings. The molecule has 0 unspecified atom stereocenters. The van der Waals surface area contributed by atoms with E-state index in [1.54, 1.807) is 6.20 Å². The lowest BCUT2D eigenvalue weighted by Gasteiger charge is -2.25. The maximum Gasteiger partial charge on any atom is 0.326 e. The minimum atomic E-state index is -2.39. The first-order valence-corrected chi connectivity index (χ1v) is 13.8. The number of hydrogen-bond donors (Lipinski definition) is 2. The molecule has 7 nitrogen and oxygen atoms in total. The largest absolute Gasteiger partial charge is 0.480 e. The van der Waals surface area contributed by atoms with Crippen molar-refractivity contribution in [2.45, 2.75) is 70.3 Å². The summed E-state index contributed by atoms with van der Waals surface area (Å²) in [5.41, 5.74) is 5.25. The van der Waals surface area contributed by atoms with Gasteiger partial charge in [-0.05, 0) is 75.1 Å². The minimum absolute atomic E-state index is 0.226. The van der Waals surface area contributed by atoms with E-state index in [0.29, 0.717) is 24.5 Å². The van der Waals surface area contributed by atoms with E-state index >= 15 is 0 Å². The number of nitrogens with one attached hydrogen (secondary N) is 1. The zero-order chi connectivity index (χ0) is 27.5. The van der Waals surface area contributed by atoms with Gasteiger partial charge in [0.05, 0.1) is 0 Å². The molecule has 0 bridgehead atoms. The van der Waals surface area contributed by atoms with E-state index in [1.165, 1.54) is 30.4 Å². The molecule has 4 rings (SSSR count). The van der Waals surface area contributed by atoms with Crippen LogP contribution in [0.1, 0.15) is 55.5 Å². The van der Waals surface area contributed by atoms with Crippen molar-refractivity contribution in [3.8, 4) is 11.1 Å². The summed E-state index contributed by atoms with van der Waals surface area (Å²) >= 11 is 0. The number of halogens is 2. The lowest BCUT2D eigenvalue weighted by Crippen LogP contribution is -2.36. The Bertz CT molecular complexity index is 1190. The highest BCUT2D eigenvalue weighted by molar-refractivity contribution is 5.81. The molecule has 1 aliphatic rings. The van der Waals surface area contributed by atoms with E-state index in [2.05, 4.69) is 27.4 Å². The Balaban J connectivity index is 1.32. The van der Waals surface area contributed by atoms with Crippen LogP contribution in [0.15, 0.2) is 55.0 Å². The van der Waals surface area contributed by atoms with Gasteiger partial charge in [0.25, 0.3) is 0 Å². The Morgan fingerprint density at radius 3 is 2.59 bits per heavy atom. The maximum atomic E-state index is 13.0. The molecule has 0 saturated carbocycles. The van der Waals surface area contributed by atoms with Crippen LogP contribution in [0, 0.1) is 0 Å². The van der Waals surface area contributed by atoms with Crippen molar-refractivity contribution in [3.05, 3.63) is 71.9 Å². The third-order valence-corrected chi connectivity index (χ3v) is 7.20. The Morgan fingerprint density at radius 1 is 1.00 bits per heavy atom. The van der Waals surface area contributed by atoms with Crippen molar-refractivity contribution in [3.63, 3.8) is 0 Å². The summed E-state index contributed by atoms with van der Waals surface area (Å²) in [5.74, 6) is -0.583. The third-order valence-electron chi connectivity index (χ3n) is 7.20. The van der Waals surface area contributed by atoms with E-state index in [-0.39, 0.29) is 19.4 Å². The van der Waals surface area contributed by atoms with Crippen molar-refractivity contribution in [2.75, 3.05) is 25.0 Å². The molecule has 9 heteroatoms. The van der Waals surface area contributed by atoms with Crippen molar-refractivity contribution < 1.29 is 18.7 Å². The highest BCUT2D eigenvalue weighted by Gasteiger charge is 2.21. The number of aromatic nitrogens is 3. The molecule has 0 aliphatic heterocycles. The zero-order valence-corrected chi connectivity index (χ0v) is 22.2. The zero-order valence-electron chi connectivity index (χ0n) is 22.2. The summed E-state index contributed by atoms with van der Waals surface area (Å²) in [4.78, 5) is 27.3. The standard InChI is InChI=1S/C30H37F2N5O2/c31-28(32)16-19-37(17-7-6-11-24-14-13-23-10-4-5-12-26(23)35-24)18-15-27(30(38)39)36-29-25(20-33-21-34-29)22-8-2-1-3-9-22/h1-3,8-9,13-14,20-21,27-28H,4-7,10-12,15-19H2,(H,38,39)(H,33,34,36)/t27-/m0/s1. The van der Waals surface area contributed by atoms with E-state index in [9.17, 15) is 18.7 Å². The second kappa shape index (κ2) is 14.6. The fraction of sp³-hybridized carbons (Fsp3) is 0.467. The Labute approximate surface area is 228 Å².